The number of aromatic nitrogens is 6. The first-order valence-corrected chi connectivity index (χ1v) is 11.7. The van der Waals surface area contributed by atoms with E-state index < -0.39 is 6.09 Å². The van der Waals surface area contributed by atoms with Gasteiger partial charge in [-0.25, -0.2) is 29.7 Å². The second kappa shape index (κ2) is 12.2. The van der Waals surface area contributed by atoms with Crippen LogP contribution in [0.5, 0.6) is 6.01 Å². The Balaban J connectivity index is 0.00000320. The Labute approximate surface area is 214 Å². The summed E-state index contributed by atoms with van der Waals surface area (Å²) in [6.07, 6.45) is 6.16. The first-order chi connectivity index (χ1) is 17.7. The van der Waals surface area contributed by atoms with Gasteiger partial charge in [-0.15, -0.1) is 0 Å². The number of hydrogen-bond donors (Lipinski definition) is 2. The molecule has 1 amide bonds. The van der Waals surface area contributed by atoms with Gasteiger partial charge in [-0.1, -0.05) is 7.43 Å². The molecular weight excluding hydrogens is 476 g/mol. The van der Waals surface area contributed by atoms with Crippen molar-refractivity contribution in [2.24, 2.45) is 0 Å². The Hall–Kier alpha value is -4.16. The molecule has 1 fully saturated rings. The number of hydrogen-bond acceptors (Lipinski definition) is 10. The van der Waals surface area contributed by atoms with E-state index in [9.17, 15) is 4.79 Å². The molecule has 3 aromatic heterocycles. The van der Waals surface area contributed by atoms with Crippen molar-refractivity contribution < 1.29 is 19.0 Å². The van der Waals surface area contributed by atoms with Crippen molar-refractivity contribution in [3.8, 4) is 28.5 Å². The third-order valence-electron chi connectivity index (χ3n) is 5.59. The van der Waals surface area contributed by atoms with Crippen LogP contribution in [0.25, 0.3) is 33.5 Å². The Morgan fingerprint density at radius 1 is 1.11 bits per heavy atom. The van der Waals surface area contributed by atoms with Gasteiger partial charge in [0.2, 0.25) is 5.95 Å². The smallest absolute Gasteiger partial charge is 0.413 e. The number of aromatic amines is 1. The molecule has 37 heavy (non-hydrogen) atoms. The fraction of sp³-hybridized carbons (Fsp3) is 0.360. The molecule has 12 nitrogen and oxygen atoms in total. The average molecular weight is 507 g/mol. The quantitative estimate of drug-likeness (QED) is 0.365. The maximum Gasteiger partial charge on any atom is 0.413 e. The number of imidazole rings is 1. The predicted molar refractivity (Wildman–Crippen MR) is 138 cm³/mol. The lowest BCUT2D eigenvalue weighted by atomic mass is 10.0. The maximum atomic E-state index is 11.9. The van der Waals surface area contributed by atoms with Gasteiger partial charge in [0.25, 0.3) is 0 Å². The van der Waals surface area contributed by atoms with Crippen molar-refractivity contribution in [3.05, 3.63) is 43.0 Å². The molecule has 4 heterocycles. The number of nitrogens with zero attached hydrogens (tertiary/aromatic N) is 6. The number of morpholine rings is 1. The summed E-state index contributed by atoms with van der Waals surface area (Å²) in [6.45, 7) is 6.61. The largest absolute Gasteiger partial charge is 0.462 e. The number of amides is 1. The zero-order chi connectivity index (χ0) is 24.7. The van der Waals surface area contributed by atoms with E-state index in [2.05, 4.69) is 40.1 Å². The van der Waals surface area contributed by atoms with E-state index in [1.54, 1.807) is 37.8 Å². The van der Waals surface area contributed by atoms with Crippen molar-refractivity contribution >= 4 is 23.1 Å². The van der Waals surface area contributed by atoms with Gasteiger partial charge in [-0.05, 0) is 30.7 Å². The Morgan fingerprint density at radius 3 is 2.59 bits per heavy atom. The highest BCUT2D eigenvalue weighted by molar-refractivity contribution is 5.96. The first kappa shape index (κ1) is 25.9. The van der Waals surface area contributed by atoms with E-state index in [1.165, 1.54) is 0 Å². The van der Waals surface area contributed by atoms with Crippen molar-refractivity contribution in [1.82, 2.24) is 34.8 Å². The fourth-order valence-corrected chi connectivity index (χ4v) is 3.85. The summed E-state index contributed by atoms with van der Waals surface area (Å²) < 4.78 is 16.0. The Kier molecular flexibility index (Phi) is 8.54. The lowest BCUT2D eigenvalue weighted by molar-refractivity contribution is 0.0317. The molecule has 4 aromatic rings. The number of carbonyl (C=O) groups excluding carboxylic acids is 1. The molecule has 0 atom stereocenters. The Bertz CT molecular complexity index is 1310. The molecule has 1 saturated heterocycles. The molecule has 0 unspecified atom stereocenters. The number of nitrogens with one attached hydrogen (secondary N) is 2. The third kappa shape index (κ3) is 6.35. The summed E-state index contributed by atoms with van der Waals surface area (Å²) in [5.74, 6) is 0.764. The average Bonchev–Trinajstić information content (AvgIpc) is 3.32. The van der Waals surface area contributed by atoms with E-state index in [4.69, 9.17) is 14.2 Å². The summed E-state index contributed by atoms with van der Waals surface area (Å²) >= 11 is 0. The monoisotopic (exact) mass is 506 g/mol. The molecular formula is C25H30N8O4. The normalized spacial score (nSPS) is 13.6. The van der Waals surface area contributed by atoms with Crippen LogP contribution in [-0.2, 0) is 9.47 Å². The lowest BCUT2D eigenvalue weighted by Gasteiger charge is -2.26. The molecule has 0 spiro atoms. The van der Waals surface area contributed by atoms with Gasteiger partial charge in [0, 0.05) is 55.5 Å². The lowest BCUT2D eigenvalue weighted by Crippen LogP contribution is -2.38. The van der Waals surface area contributed by atoms with Gasteiger partial charge < -0.3 is 19.2 Å². The predicted octanol–water partition coefficient (Wildman–Crippen LogP) is 3.39. The van der Waals surface area contributed by atoms with Crippen molar-refractivity contribution in [2.45, 2.75) is 14.4 Å². The maximum absolute atomic E-state index is 11.9. The van der Waals surface area contributed by atoms with Crippen molar-refractivity contribution in [3.63, 3.8) is 0 Å². The van der Waals surface area contributed by atoms with Gasteiger partial charge in [0.05, 0.1) is 25.3 Å². The number of carbonyl (C=O) groups is 1. The minimum absolute atomic E-state index is 0. The van der Waals surface area contributed by atoms with Crippen LogP contribution in [0, 0.1) is 0 Å². The highest BCUT2D eigenvalue weighted by atomic mass is 16.5. The molecule has 1 aromatic carbocycles. The molecule has 194 valence electrons. The van der Waals surface area contributed by atoms with E-state index in [1.807, 2.05) is 12.1 Å². The summed E-state index contributed by atoms with van der Waals surface area (Å²) in [7, 11) is 0. The van der Waals surface area contributed by atoms with Gasteiger partial charge in [0.1, 0.15) is 12.1 Å². The molecule has 5 rings (SSSR count). The zero-order valence-corrected chi connectivity index (χ0v) is 19.8. The van der Waals surface area contributed by atoms with E-state index >= 15 is 0 Å². The zero-order valence-electron chi connectivity index (χ0n) is 19.8. The van der Waals surface area contributed by atoms with E-state index in [0.29, 0.717) is 35.0 Å². The minimum Gasteiger partial charge on any atom is -0.462 e. The van der Waals surface area contributed by atoms with Crippen molar-refractivity contribution in [1.29, 1.82) is 0 Å². The summed E-state index contributed by atoms with van der Waals surface area (Å²) in [4.78, 5) is 39.3. The van der Waals surface area contributed by atoms with Crippen LogP contribution in [0.2, 0.25) is 0 Å². The number of anilines is 1. The number of H-pyrrole nitrogens is 1. The van der Waals surface area contributed by atoms with Crippen LogP contribution in [0.3, 0.4) is 0 Å². The van der Waals surface area contributed by atoms with Gasteiger partial charge in [-0.3, -0.25) is 10.2 Å². The number of benzene rings is 1. The van der Waals surface area contributed by atoms with Crippen LogP contribution in [0.15, 0.2) is 43.0 Å². The fourth-order valence-electron chi connectivity index (χ4n) is 3.85. The highest BCUT2D eigenvalue weighted by Gasteiger charge is 2.16. The number of rotatable bonds is 8. The highest BCUT2D eigenvalue weighted by Crippen LogP contribution is 2.32. The molecule has 1 aliphatic heterocycles. The van der Waals surface area contributed by atoms with Crippen LogP contribution < -0.4 is 10.1 Å². The molecule has 1 aliphatic rings. The van der Waals surface area contributed by atoms with Gasteiger partial charge >= 0.3 is 12.1 Å². The summed E-state index contributed by atoms with van der Waals surface area (Å²) in [5.41, 5.74) is 3.61. The summed E-state index contributed by atoms with van der Waals surface area (Å²) in [5, 5.41) is 2.60. The minimum atomic E-state index is -0.591. The topological polar surface area (TPSA) is 140 Å². The Morgan fingerprint density at radius 2 is 1.86 bits per heavy atom. The van der Waals surface area contributed by atoms with E-state index in [-0.39, 0.29) is 20.0 Å². The van der Waals surface area contributed by atoms with Gasteiger partial charge in [-0.2, -0.15) is 0 Å². The third-order valence-corrected chi connectivity index (χ3v) is 5.59. The second-order valence-corrected chi connectivity index (χ2v) is 7.98. The van der Waals surface area contributed by atoms with Gasteiger partial charge in [0.15, 0.2) is 5.82 Å². The van der Waals surface area contributed by atoms with Crippen LogP contribution in [-0.4, -0.2) is 87.0 Å². The SMILES string of the molecule is C.CCOC(=O)Nc1nc2c(-c3ncccn3)cc(-c3cnc(OCCN4CCOCC4)nc3)cc2[nH]1. The summed E-state index contributed by atoms with van der Waals surface area (Å²) in [6, 6.07) is 5.89. The van der Waals surface area contributed by atoms with Crippen LogP contribution >= 0.6 is 0 Å². The molecule has 2 N–H and O–H groups in total. The van der Waals surface area contributed by atoms with E-state index in [0.717, 1.165) is 44.0 Å². The molecule has 12 heteroatoms. The van der Waals surface area contributed by atoms with Crippen molar-refractivity contribution in [2.75, 3.05) is 51.4 Å². The second-order valence-electron chi connectivity index (χ2n) is 7.98. The first-order valence-electron chi connectivity index (χ1n) is 11.7. The van der Waals surface area contributed by atoms with Crippen LogP contribution in [0.1, 0.15) is 14.4 Å². The standard InChI is InChI=1S/C24H26N8O4.CH4/c1-2-35-24(33)31-22-29-19-13-16(12-18(20(19)30-22)21-25-4-3-5-26-21)17-14-27-23(28-15-17)36-11-8-32-6-9-34-10-7-32;/h3-5,12-15H,2,6-11H2,1H3,(H2,29,30,31,33);1H4. The number of fused-ring (bicyclic) bond motifs is 1. The molecule has 0 aliphatic carbocycles. The molecule has 0 bridgehead atoms. The molecule has 0 saturated carbocycles. The van der Waals surface area contributed by atoms with Crippen LogP contribution in [0.4, 0.5) is 10.7 Å². The number of ether oxygens (including phenoxy) is 3. The molecule has 0 radical (unpaired) electrons.